The molecule has 7 nitrogen and oxygen atoms in total. The van der Waals surface area contributed by atoms with Crippen LogP contribution in [-0.2, 0) is 9.59 Å². The number of carboxylic acid groups (broad SMARTS) is 1. The monoisotopic (exact) mass is 485 g/mol. The van der Waals surface area contributed by atoms with Gasteiger partial charge in [-0.3, -0.25) is 19.3 Å². The van der Waals surface area contributed by atoms with Crippen molar-refractivity contribution in [3.8, 4) is 11.3 Å². The SMILES string of the molecule is O=C(O)CCCCCN1C(=O)C(=Cc2cccc(-c3ccc4[nH]c(=O)sc4c3)n2)SC1=S. The Morgan fingerprint density at radius 1 is 1.19 bits per heavy atom. The first-order valence-electron chi connectivity index (χ1n) is 9.98. The molecule has 0 unspecified atom stereocenters. The Labute approximate surface area is 197 Å². The predicted octanol–water partition coefficient (Wildman–Crippen LogP) is 4.50. The zero-order valence-electron chi connectivity index (χ0n) is 16.9. The third kappa shape index (κ3) is 5.14. The molecular formula is C22H19N3O4S3. The number of thiocarbonyl (C=S) groups is 1. The van der Waals surface area contributed by atoms with Crippen LogP contribution in [0.2, 0.25) is 0 Å². The molecule has 1 amide bonds. The third-order valence-corrected chi connectivity index (χ3v) is 7.14. The van der Waals surface area contributed by atoms with Gasteiger partial charge in [-0.15, -0.1) is 0 Å². The Balaban J connectivity index is 1.47. The molecule has 4 rings (SSSR count). The summed E-state index contributed by atoms with van der Waals surface area (Å²) in [4.78, 5) is 44.4. The van der Waals surface area contributed by atoms with E-state index in [1.54, 1.807) is 11.0 Å². The molecular weight excluding hydrogens is 466 g/mol. The van der Waals surface area contributed by atoms with Gasteiger partial charge in [-0.1, -0.05) is 53.9 Å². The molecule has 1 aliphatic heterocycles. The normalized spacial score (nSPS) is 15.2. The summed E-state index contributed by atoms with van der Waals surface area (Å²) in [7, 11) is 0. The van der Waals surface area contributed by atoms with Crippen molar-refractivity contribution in [2.45, 2.75) is 25.7 Å². The summed E-state index contributed by atoms with van der Waals surface area (Å²) in [5.41, 5.74) is 3.07. The summed E-state index contributed by atoms with van der Waals surface area (Å²) in [5.74, 6) is -0.957. The second-order valence-electron chi connectivity index (χ2n) is 7.21. The molecule has 0 radical (unpaired) electrons. The Kier molecular flexibility index (Phi) is 6.83. The molecule has 0 bridgehead atoms. The molecule has 1 aliphatic rings. The maximum absolute atomic E-state index is 12.8. The molecule has 1 saturated heterocycles. The van der Waals surface area contributed by atoms with Crippen molar-refractivity contribution in [2.24, 2.45) is 0 Å². The van der Waals surface area contributed by atoms with Gasteiger partial charge in [-0.2, -0.15) is 0 Å². The maximum atomic E-state index is 12.8. The first-order valence-corrected chi connectivity index (χ1v) is 12.0. The van der Waals surface area contributed by atoms with Gasteiger partial charge in [0.1, 0.15) is 4.32 Å². The second-order valence-corrected chi connectivity index (χ2v) is 9.90. The molecule has 2 N–H and O–H groups in total. The minimum absolute atomic E-state index is 0.0947. The lowest BCUT2D eigenvalue weighted by Gasteiger charge is -2.13. The summed E-state index contributed by atoms with van der Waals surface area (Å²) >= 11 is 7.77. The number of nitrogens with zero attached hydrogens (tertiary/aromatic N) is 2. The van der Waals surface area contributed by atoms with Gasteiger partial charge in [0, 0.05) is 18.5 Å². The number of aromatic nitrogens is 2. The van der Waals surface area contributed by atoms with Gasteiger partial charge >= 0.3 is 10.8 Å². The van der Waals surface area contributed by atoms with E-state index in [1.165, 1.54) is 11.8 Å². The zero-order chi connectivity index (χ0) is 22.7. The average Bonchev–Trinajstić information content (AvgIpc) is 3.26. The molecule has 1 aromatic carbocycles. The van der Waals surface area contributed by atoms with Crippen molar-refractivity contribution in [1.82, 2.24) is 14.9 Å². The van der Waals surface area contributed by atoms with Crippen molar-refractivity contribution < 1.29 is 14.7 Å². The summed E-state index contributed by atoms with van der Waals surface area (Å²) in [6.07, 6.45) is 3.89. The quantitative estimate of drug-likeness (QED) is 0.275. The van der Waals surface area contributed by atoms with Crippen LogP contribution in [0, 0.1) is 0 Å². The average molecular weight is 486 g/mol. The molecule has 0 spiro atoms. The molecule has 3 heterocycles. The number of aromatic amines is 1. The second kappa shape index (κ2) is 9.76. The van der Waals surface area contributed by atoms with E-state index in [0.29, 0.717) is 34.3 Å². The predicted molar refractivity (Wildman–Crippen MR) is 132 cm³/mol. The largest absolute Gasteiger partial charge is 0.481 e. The first-order chi connectivity index (χ1) is 15.4. The van der Waals surface area contributed by atoms with Crippen LogP contribution in [0.3, 0.4) is 0 Å². The number of amides is 1. The number of nitrogens with one attached hydrogen (secondary N) is 1. The van der Waals surface area contributed by atoms with Crippen LogP contribution in [0.4, 0.5) is 0 Å². The van der Waals surface area contributed by atoms with Gasteiger partial charge in [0.25, 0.3) is 5.91 Å². The highest BCUT2D eigenvalue weighted by molar-refractivity contribution is 8.26. The highest BCUT2D eigenvalue weighted by Gasteiger charge is 2.31. The van der Waals surface area contributed by atoms with Crippen molar-refractivity contribution in [1.29, 1.82) is 0 Å². The molecule has 0 saturated carbocycles. The van der Waals surface area contributed by atoms with E-state index in [0.717, 1.165) is 39.2 Å². The fraction of sp³-hybridized carbons (Fsp3) is 0.227. The summed E-state index contributed by atoms with van der Waals surface area (Å²) in [6.45, 7) is 0.481. The molecule has 1 fully saturated rings. The lowest BCUT2D eigenvalue weighted by Crippen LogP contribution is -2.29. The Bertz CT molecular complexity index is 1290. The van der Waals surface area contributed by atoms with Crippen LogP contribution < -0.4 is 4.87 Å². The number of aliphatic carboxylic acids is 1. The molecule has 2 aromatic heterocycles. The van der Waals surface area contributed by atoms with E-state index in [9.17, 15) is 14.4 Å². The Morgan fingerprint density at radius 2 is 2.03 bits per heavy atom. The number of hydrogen-bond donors (Lipinski definition) is 2. The highest BCUT2D eigenvalue weighted by atomic mass is 32.2. The van der Waals surface area contributed by atoms with E-state index in [-0.39, 0.29) is 17.2 Å². The number of carbonyl (C=O) groups is 2. The van der Waals surface area contributed by atoms with Gasteiger partial charge in [0.15, 0.2) is 0 Å². The number of benzene rings is 1. The summed E-state index contributed by atoms with van der Waals surface area (Å²) < 4.78 is 1.37. The molecule has 32 heavy (non-hydrogen) atoms. The first kappa shape index (κ1) is 22.4. The van der Waals surface area contributed by atoms with Crippen molar-refractivity contribution in [3.63, 3.8) is 0 Å². The molecule has 3 aromatic rings. The van der Waals surface area contributed by atoms with E-state index in [4.69, 9.17) is 17.3 Å². The lowest BCUT2D eigenvalue weighted by atomic mass is 10.1. The van der Waals surface area contributed by atoms with Gasteiger partial charge in [-0.05, 0) is 43.2 Å². The van der Waals surface area contributed by atoms with Crippen LogP contribution >= 0.6 is 35.3 Å². The fourth-order valence-corrected chi connectivity index (χ4v) is 5.42. The van der Waals surface area contributed by atoms with Crippen molar-refractivity contribution in [2.75, 3.05) is 6.54 Å². The number of fused-ring (bicyclic) bond motifs is 1. The van der Waals surface area contributed by atoms with Crippen molar-refractivity contribution >= 4 is 67.8 Å². The number of hydrogen-bond acceptors (Lipinski definition) is 7. The molecule has 10 heteroatoms. The molecule has 164 valence electrons. The number of thiazole rings is 1. The Morgan fingerprint density at radius 3 is 2.84 bits per heavy atom. The van der Waals surface area contributed by atoms with Crippen LogP contribution in [0.5, 0.6) is 0 Å². The fourth-order valence-electron chi connectivity index (χ4n) is 3.35. The minimum atomic E-state index is -0.808. The topological polar surface area (TPSA) is 103 Å². The maximum Gasteiger partial charge on any atom is 0.305 e. The zero-order valence-corrected chi connectivity index (χ0v) is 19.3. The number of unbranched alkanes of at least 4 members (excludes halogenated alkanes) is 2. The van der Waals surface area contributed by atoms with Gasteiger partial charge in [0.05, 0.1) is 26.5 Å². The van der Waals surface area contributed by atoms with E-state index in [1.807, 2.05) is 36.4 Å². The van der Waals surface area contributed by atoms with Crippen molar-refractivity contribution in [3.05, 3.63) is 56.7 Å². The molecule has 0 aliphatic carbocycles. The number of pyridine rings is 1. The standard InChI is InChI=1S/C22H19N3O4S3/c26-19(27)7-2-1-3-10-25-20(28)18(32-22(25)30)12-14-5-4-6-15(23-14)13-8-9-16-17(11-13)31-21(29)24-16/h4-6,8-9,11-12H,1-3,7,10H2,(H,24,29)(H,26,27). The van der Waals surface area contributed by atoms with Gasteiger partial charge in [0.2, 0.25) is 0 Å². The third-order valence-electron chi connectivity index (χ3n) is 4.91. The Hall–Kier alpha value is -2.82. The number of thioether (sulfide) groups is 1. The number of rotatable bonds is 8. The van der Waals surface area contributed by atoms with Crippen LogP contribution in [-0.4, -0.2) is 42.7 Å². The summed E-state index contributed by atoms with van der Waals surface area (Å²) in [5, 5.41) is 8.71. The number of carboxylic acids is 1. The van der Waals surface area contributed by atoms with Gasteiger partial charge < -0.3 is 10.1 Å². The smallest absolute Gasteiger partial charge is 0.305 e. The number of H-pyrrole nitrogens is 1. The lowest BCUT2D eigenvalue weighted by molar-refractivity contribution is -0.137. The minimum Gasteiger partial charge on any atom is -0.481 e. The summed E-state index contributed by atoms with van der Waals surface area (Å²) in [6, 6.07) is 11.3. The van der Waals surface area contributed by atoms with Gasteiger partial charge in [-0.25, -0.2) is 4.98 Å². The number of carbonyl (C=O) groups excluding carboxylic acids is 1. The van der Waals surface area contributed by atoms with Crippen LogP contribution in [0.1, 0.15) is 31.4 Å². The van der Waals surface area contributed by atoms with Crippen LogP contribution in [0.15, 0.2) is 46.1 Å². The highest BCUT2D eigenvalue weighted by Crippen LogP contribution is 2.33. The van der Waals surface area contributed by atoms with Crippen LogP contribution in [0.25, 0.3) is 27.6 Å². The van der Waals surface area contributed by atoms with E-state index in [2.05, 4.69) is 9.97 Å². The van der Waals surface area contributed by atoms with E-state index < -0.39 is 5.97 Å². The molecule has 0 atom stereocenters. The van der Waals surface area contributed by atoms with E-state index >= 15 is 0 Å².